The highest BCUT2D eigenvalue weighted by Gasteiger charge is 2.70. The first-order valence-electron chi connectivity index (χ1n) is 16.8. The van der Waals surface area contributed by atoms with Gasteiger partial charge in [-0.2, -0.15) is 5.01 Å². The Bertz CT molecular complexity index is 1910. The smallest absolute Gasteiger partial charge is 0.260 e. The molecule has 8 nitrogen and oxygen atoms in total. The fourth-order valence-electron chi connectivity index (χ4n) is 9.48. The number of hydrazine groups is 1. The van der Waals surface area contributed by atoms with Gasteiger partial charge in [0, 0.05) is 27.6 Å². The van der Waals surface area contributed by atoms with Crippen molar-refractivity contribution in [2.45, 2.75) is 62.3 Å². The molecule has 2 N–H and O–H groups in total. The van der Waals surface area contributed by atoms with Crippen LogP contribution in [0.25, 0.3) is 0 Å². The van der Waals surface area contributed by atoms with Gasteiger partial charge in [-0.15, -0.1) is 0 Å². The van der Waals surface area contributed by atoms with Gasteiger partial charge in [0.1, 0.15) is 11.6 Å². The molecule has 3 aromatic rings. The van der Waals surface area contributed by atoms with E-state index in [4.69, 9.17) is 23.2 Å². The van der Waals surface area contributed by atoms with Crippen LogP contribution in [0.2, 0.25) is 10.0 Å². The van der Waals surface area contributed by atoms with E-state index < -0.39 is 52.6 Å². The lowest BCUT2D eigenvalue weighted by atomic mass is 9.49. The number of nitrogens with zero attached hydrogens (tertiary/aromatic N) is 2. The van der Waals surface area contributed by atoms with Crippen molar-refractivity contribution in [1.29, 1.82) is 0 Å². The van der Waals surface area contributed by atoms with E-state index in [1.807, 2.05) is 6.08 Å². The van der Waals surface area contributed by atoms with E-state index in [9.17, 15) is 23.9 Å². The summed E-state index contributed by atoms with van der Waals surface area (Å²) in [6, 6.07) is 16.5. The van der Waals surface area contributed by atoms with Gasteiger partial charge in [0.15, 0.2) is 0 Å². The first kappa shape index (κ1) is 32.0. The predicted octanol–water partition coefficient (Wildman–Crippen LogP) is 7.16. The number of likely N-dealkylation sites (tertiary alicyclic amines) is 1. The number of halogens is 3. The largest absolute Gasteiger partial charge is 0.508 e. The number of fused-ring (bicyclic) bond motifs is 4. The molecule has 8 rings (SSSR count). The number of hydrogen-bond donors (Lipinski definition) is 2. The number of hydrogen-bond acceptors (Lipinski definition) is 6. The summed E-state index contributed by atoms with van der Waals surface area (Å²) in [5.41, 5.74) is 3.23. The molecular weight excluding hydrogens is 668 g/mol. The van der Waals surface area contributed by atoms with E-state index in [2.05, 4.69) is 5.43 Å². The van der Waals surface area contributed by atoms with E-state index in [-0.39, 0.29) is 30.0 Å². The fraction of sp³-hybridized carbons (Fsp3) is 0.368. The highest BCUT2D eigenvalue weighted by molar-refractivity contribution is 6.31. The van der Waals surface area contributed by atoms with E-state index >= 15 is 4.79 Å². The zero-order valence-electron chi connectivity index (χ0n) is 26.5. The van der Waals surface area contributed by atoms with E-state index in [0.717, 1.165) is 42.7 Å². The molecule has 2 saturated heterocycles. The van der Waals surface area contributed by atoms with Crippen LogP contribution in [-0.4, -0.2) is 44.7 Å². The van der Waals surface area contributed by atoms with Crippen molar-refractivity contribution in [1.82, 2.24) is 9.91 Å². The van der Waals surface area contributed by atoms with E-state index in [0.29, 0.717) is 33.3 Å². The average Bonchev–Trinajstić information content (AvgIpc) is 3.48. The van der Waals surface area contributed by atoms with Crippen LogP contribution >= 0.6 is 23.2 Å². The lowest BCUT2D eigenvalue weighted by Gasteiger charge is -2.50. The molecule has 4 fully saturated rings. The molecule has 0 aromatic heterocycles. The zero-order valence-corrected chi connectivity index (χ0v) is 28.0. The minimum Gasteiger partial charge on any atom is -0.508 e. The van der Waals surface area contributed by atoms with Crippen molar-refractivity contribution >= 4 is 52.5 Å². The second-order valence-corrected chi connectivity index (χ2v) is 14.8. The van der Waals surface area contributed by atoms with Gasteiger partial charge in [-0.3, -0.25) is 29.5 Å². The molecule has 2 saturated carbocycles. The number of benzene rings is 3. The number of carbonyl (C=O) groups excluding carboxylic acids is 4. The van der Waals surface area contributed by atoms with Gasteiger partial charge < -0.3 is 5.11 Å². The van der Waals surface area contributed by atoms with Gasteiger partial charge in [-0.25, -0.2) is 4.39 Å². The number of allylic oxidation sites excluding steroid dienone is 2. The molecule has 0 unspecified atom stereocenters. The van der Waals surface area contributed by atoms with Gasteiger partial charge in [0.25, 0.3) is 11.8 Å². The Balaban J connectivity index is 1.32. The van der Waals surface area contributed by atoms with Gasteiger partial charge in [0.05, 0.1) is 28.9 Å². The van der Waals surface area contributed by atoms with Crippen molar-refractivity contribution < 1.29 is 28.7 Å². The van der Waals surface area contributed by atoms with Crippen LogP contribution in [-0.2, 0) is 24.6 Å². The number of nitrogens with one attached hydrogen (secondary N) is 1. The van der Waals surface area contributed by atoms with Gasteiger partial charge >= 0.3 is 0 Å². The van der Waals surface area contributed by atoms with Crippen LogP contribution in [0.15, 0.2) is 78.4 Å². The van der Waals surface area contributed by atoms with Crippen molar-refractivity contribution in [2.75, 3.05) is 5.43 Å². The second kappa shape index (κ2) is 12.0. The second-order valence-electron chi connectivity index (χ2n) is 13.9. The standard InChI is InChI=1S/C38H34Cl2FN3O5/c39-21-8-6-20(7-9-21)38-30(35(47)44(37(38)49)42-24-13-11-23(41)12-14-24)19-28-26(33(38)29-18-22(40)10-17-31(29)45)15-16-27-32(28)36(48)43(34(27)46)25-4-2-1-3-5-25/h6-15,17-18,25,27-28,30,32-33,42,45H,1-5,16,19H2/t27-,28+,30-,32-,33+,38+/m0/s1. The van der Waals surface area contributed by atoms with Crippen LogP contribution in [0.5, 0.6) is 5.75 Å². The fourth-order valence-corrected chi connectivity index (χ4v) is 9.79. The molecule has 3 aliphatic carbocycles. The van der Waals surface area contributed by atoms with Crippen molar-refractivity contribution in [3.63, 3.8) is 0 Å². The predicted molar refractivity (Wildman–Crippen MR) is 181 cm³/mol. The summed E-state index contributed by atoms with van der Waals surface area (Å²) in [7, 11) is 0. The van der Waals surface area contributed by atoms with Crippen molar-refractivity contribution in [2.24, 2.45) is 23.7 Å². The molecule has 4 amide bonds. The molecule has 0 radical (unpaired) electrons. The third kappa shape index (κ3) is 4.83. The summed E-state index contributed by atoms with van der Waals surface area (Å²) in [5, 5.41) is 13.2. The summed E-state index contributed by atoms with van der Waals surface area (Å²) in [6.07, 6.45) is 6.92. The Morgan fingerprint density at radius 3 is 2.22 bits per heavy atom. The molecular formula is C38H34Cl2FN3O5. The van der Waals surface area contributed by atoms with Crippen LogP contribution in [0.1, 0.15) is 62.0 Å². The van der Waals surface area contributed by atoms with Crippen molar-refractivity contribution in [3.8, 4) is 5.75 Å². The maximum Gasteiger partial charge on any atom is 0.260 e. The van der Waals surface area contributed by atoms with Gasteiger partial charge in [-0.1, -0.05) is 66.2 Å². The third-order valence-electron chi connectivity index (χ3n) is 11.5. The summed E-state index contributed by atoms with van der Waals surface area (Å²) >= 11 is 12.9. The summed E-state index contributed by atoms with van der Waals surface area (Å²) in [4.78, 5) is 59.7. The van der Waals surface area contributed by atoms with Crippen LogP contribution in [0.4, 0.5) is 10.1 Å². The minimum atomic E-state index is -1.60. The number of rotatable bonds is 5. The number of amides is 4. The summed E-state index contributed by atoms with van der Waals surface area (Å²) < 4.78 is 13.8. The maximum absolute atomic E-state index is 15.2. The SMILES string of the molecule is O=C1[C@@H]2C[C@@H]3C(=CC[C@@H]4C(=O)N(C5CCCCC5)C(=O)[C@@H]43)[C@H](c3cc(Cl)ccc3O)[C@]2(c2ccc(Cl)cc2)C(=O)N1Nc1ccc(F)cc1. The van der Waals surface area contributed by atoms with Crippen LogP contribution in [0.3, 0.4) is 0 Å². The monoisotopic (exact) mass is 701 g/mol. The topological polar surface area (TPSA) is 107 Å². The molecule has 0 bridgehead atoms. The Hall–Kier alpha value is -4.21. The van der Waals surface area contributed by atoms with E-state index in [1.165, 1.54) is 35.2 Å². The Kier molecular flexibility index (Phi) is 7.83. The number of anilines is 1. The average molecular weight is 703 g/mol. The quantitative estimate of drug-likeness (QED) is 0.216. The summed E-state index contributed by atoms with van der Waals surface area (Å²) in [5.74, 6) is -5.85. The van der Waals surface area contributed by atoms with Crippen molar-refractivity contribution in [3.05, 3.63) is 105 Å². The summed E-state index contributed by atoms with van der Waals surface area (Å²) in [6.45, 7) is 0. The molecule has 5 aliphatic rings. The Morgan fingerprint density at radius 1 is 0.816 bits per heavy atom. The zero-order chi connectivity index (χ0) is 34.2. The maximum atomic E-state index is 15.2. The number of phenolic OH excluding ortho intramolecular Hbond substituents is 1. The van der Waals surface area contributed by atoms with Crippen LogP contribution < -0.4 is 5.43 Å². The number of imide groups is 2. The lowest BCUT2D eigenvalue weighted by Crippen LogP contribution is -2.53. The molecule has 11 heteroatoms. The molecule has 2 heterocycles. The lowest BCUT2D eigenvalue weighted by molar-refractivity contribution is -0.144. The normalized spacial score (nSPS) is 29.9. The molecule has 3 aromatic carbocycles. The molecule has 6 atom stereocenters. The third-order valence-corrected chi connectivity index (χ3v) is 12.0. The highest BCUT2D eigenvalue weighted by Crippen LogP contribution is 2.65. The molecule has 49 heavy (non-hydrogen) atoms. The first-order chi connectivity index (χ1) is 23.6. The number of phenols is 1. The van der Waals surface area contributed by atoms with Gasteiger partial charge in [-0.05, 0) is 91.8 Å². The minimum absolute atomic E-state index is 0.118. The first-order valence-corrected chi connectivity index (χ1v) is 17.6. The number of carbonyl (C=O) groups is 4. The molecule has 252 valence electrons. The van der Waals surface area contributed by atoms with E-state index in [1.54, 1.807) is 36.4 Å². The molecule has 2 aliphatic heterocycles. The highest BCUT2D eigenvalue weighted by atomic mass is 35.5. The Labute approximate surface area is 292 Å². The van der Waals surface area contributed by atoms with Crippen LogP contribution in [0, 0.1) is 29.5 Å². The van der Waals surface area contributed by atoms with Gasteiger partial charge in [0.2, 0.25) is 11.8 Å². The Morgan fingerprint density at radius 2 is 1.51 bits per heavy atom. The number of aromatic hydroxyl groups is 1. The molecule has 0 spiro atoms.